The number of nitrogens with zero attached hydrogens (tertiary/aromatic N) is 1. The second kappa shape index (κ2) is 8.91. The Balaban J connectivity index is 1.55. The Morgan fingerprint density at radius 3 is 2.55 bits per heavy atom. The first-order valence-electron chi connectivity index (χ1n) is 8.93. The molecule has 0 saturated carbocycles. The molecule has 0 radical (unpaired) electrons. The number of nitrogens with one attached hydrogen (secondary N) is 1. The first-order valence-corrected chi connectivity index (χ1v) is 9.75. The van der Waals surface area contributed by atoms with Crippen molar-refractivity contribution in [1.29, 1.82) is 0 Å². The molecule has 0 aliphatic rings. The van der Waals surface area contributed by atoms with E-state index in [9.17, 15) is 9.59 Å². The van der Waals surface area contributed by atoms with E-state index >= 15 is 0 Å². The molecule has 1 amide bonds. The molecule has 0 atom stereocenters. The number of esters is 1. The van der Waals surface area contributed by atoms with Gasteiger partial charge in [0, 0.05) is 0 Å². The lowest BCUT2D eigenvalue weighted by Crippen LogP contribution is -2.21. The van der Waals surface area contributed by atoms with Gasteiger partial charge in [-0.25, -0.2) is 4.98 Å². The second-order valence-electron chi connectivity index (χ2n) is 6.52. The highest BCUT2D eigenvalue weighted by molar-refractivity contribution is 7.22. The molecule has 0 bridgehead atoms. The fraction of sp³-hybridized carbons (Fsp3) is 0.286. The van der Waals surface area contributed by atoms with Crippen molar-refractivity contribution >= 4 is 38.6 Å². The number of aromatic nitrogens is 1. The molecular weight excluding hydrogens is 392 g/mol. The number of carbonyl (C=O) groups is 2. The molecule has 0 fully saturated rings. The third-order valence-corrected chi connectivity index (χ3v) is 5.15. The number of anilines is 1. The highest BCUT2D eigenvalue weighted by Crippen LogP contribution is 2.29. The number of fused-ring (bicyclic) bond motifs is 1. The van der Waals surface area contributed by atoms with Crippen molar-refractivity contribution in [2.75, 3.05) is 26.1 Å². The van der Waals surface area contributed by atoms with Crippen LogP contribution >= 0.6 is 11.3 Å². The normalized spacial score (nSPS) is 10.6. The van der Waals surface area contributed by atoms with E-state index in [-0.39, 0.29) is 13.0 Å². The van der Waals surface area contributed by atoms with E-state index < -0.39 is 11.9 Å². The topological polar surface area (TPSA) is 86.8 Å². The van der Waals surface area contributed by atoms with Crippen molar-refractivity contribution < 1.29 is 23.8 Å². The van der Waals surface area contributed by atoms with Crippen LogP contribution in [-0.2, 0) is 20.7 Å². The van der Waals surface area contributed by atoms with Gasteiger partial charge in [-0.1, -0.05) is 23.5 Å². The molecule has 3 rings (SSSR count). The van der Waals surface area contributed by atoms with Crippen molar-refractivity contribution in [1.82, 2.24) is 4.98 Å². The number of benzene rings is 2. The van der Waals surface area contributed by atoms with Crippen LogP contribution in [0.4, 0.5) is 5.13 Å². The molecule has 0 aliphatic carbocycles. The maximum Gasteiger partial charge on any atom is 0.310 e. The third kappa shape index (κ3) is 5.03. The monoisotopic (exact) mass is 414 g/mol. The molecule has 8 heteroatoms. The van der Waals surface area contributed by atoms with Gasteiger partial charge in [-0.05, 0) is 48.7 Å². The molecule has 3 aromatic rings. The van der Waals surface area contributed by atoms with Gasteiger partial charge < -0.3 is 14.2 Å². The molecule has 1 N–H and O–H groups in total. The molecule has 29 heavy (non-hydrogen) atoms. The van der Waals surface area contributed by atoms with E-state index in [0.29, 0.717) is 22.2 Å². The van der Waals surface area contributed by atoms with Crippen molar-refractivity contribution in [3.05, 3.63) is 47.0 Å². The zero-order chi connectivity index (χ0) is 21.0. The van der Waals surface area contributed by atoms with E-state index in [2.05, 4.69) is 10.3 Å². The number of hydrogen-bond donors (Lipinski definition) is 1. The standard InChI is InChI=1S/C21H22N2O5S/c1-12-7-13(2)20-17(8-12)29-21(23-20)22-18(24)11-28-19(25)10-14-5-6-15(26-3)16(9-14)27-4/h5-9H,10-11H2,1-4H3,(H,22,23,24). The highest BCUT2D eigenvalue weighted by Gasteiger charge is 2.13. The van der Waals surface area contributed by atoms with Crippen LogP contribution in [0.5, 0.6) is 11.5 Å². The van der Waals surface area contributed by atoms with Gasteiger partial charge in [0.15, 0.2) is 23.2 Å². The number of thiazole rings is 1. The first-order chi connectivity index (χ1) is 13.9. The summed E-state index contributed by atoms with van der Waals surface area (Å²) in [4.78, 5) is 28.6. The maximum atomic E-state index is 12.1. The Morgan fingerprint density at radius 1 is 1.07 bits per heavy atom. The lowest BCUT2D eigenvalue weighted by atomic mass is 10.1. The van der Waals surface area contributed by atoms with E-state index in [0.717, 1.165) is 21.3 Å². The van der Waals surface area contributed by atoms with Gasteiger partial charge in [-0.15, -0.1) is 0 Å². The highest BCUT2D eigenvalue weighted by atomic mass is 32.1. The van der Waals surface area contributed by atoms with Crippen LogP contribution in [0.1, 0.15) is 16.7 Å². The molecule has 2 aromatic carbocycles. The average molecular weight is 414 g/mol. The summed E-state index contributed by atoms with van der Waals surface area (Å²) in [7, 11) is 3.06. The summed E-state index contributed by atoms with van der Waals surface area (Å²) >= 11 is 1.39. The minimum atomic E-state index is -0.511. The molecule has 0 aliphatic heterocycles. The number of amides is 1. The van der Waals surface area contributed by atoms with Crippen LogP contribution < -0.4 is 14.8 Å². The SMILES string of the molecule is COc1ccc(CC(=O)OCC(=O)Nc2nc3c(C)cc(C)cc3s2)cc1OC. The van der Waals surface area contributed by atoms with Crippen LogP contribution in [0.3, 0.4) is 0 Å². The molecule has 1 heterocycles. The van der Waals surface area contributed by atoms with Crippen LogP contribution in [0.15, 0.2) is 30.3 Å². The smallest absolute Gasteiger partial charge is 0.310 e. The zero-order valence-electron chi connectivity index (χ0n) is 16.7. The Morgan fingerprint density at radius 2 is 1.83 bits per heavy atom. The Bertz CT molecular complexity index is 1060. The fourth-order valence-corrected chi connectivity index (χ4v) is 3.99. The largest absolute Gasteiger partial charge is 0.493 e. The minimum Gasteiger partial charge on any atom is -0.493 e. The molecule has 0 unspecified atom stereocenters. The minimum absolute atomic E-state index is 0.0211. The summed E-state index contributed by atoms with van der Waals surface area (Å²) in [5.41, 5.74) is 3.75. The fourth-order valence-electron chi connectivity index (χ4n) is 2.93. The number of hydrogen-bond acceptors (Lipinski definition) is 7. The van der Waals surface area contributed by atoms with Crippen LogP contribution in [0, 0.1) is 13.8 Å². The molecule has 7 nitrogen and oxygen atoms in total. The van der Waals surface area contributed by atoms with Crippen molar-refractivity contribution in [3.8, 4) is 11.5 Å². The maximum absolute atomic E-state index is 12.1. The van der Waals surface area contributed by atoms with E-state index in [1.165, 1.54) is 25.6 Å². The predicted molar refractivity (Wildman–Crippen MR) is 112 cm³/mol. The number of rotatable bonds is 7. The van der Waals surface area contributed by atoms with E-state index in [1.54, 1.807) is 18.2 Å². The van der Waals surface area contributed by atoms with Gasteiger partial charge in [0.1, 0.15) is 0 Å². The molecule has 152 valence electrons. The van der Waals surface area contributed by atoms with E-state index in [1.807, 2.05) is 26.0 Å². The zero-order valence-corrected chi connectivity index (χ0v) is 17.5. The van der Waals surface area contributed by atoms with Crippen LogP contribution in [0.2, 0.25) is 0 Å². The van der Waals surface area contributed by atoms with Crippen molar-refractivity contribution in [2.24, 2.45) is 0 Å². The summed E-state index contributed by atoms with van der Waals surface area (Å²) < 4.78 is 16.5. The first kappa shape index (κ1) is 20.6. The molecular formula is C21H22N2O5S. The van der Waals surface area contributed by atoms with Gasteiger partial charge >= 0.3 is 5.97 Å². The Kier molecular flexibility index (Phi) is 6.33. The van der Waals surface area contributed by atoms with Gasteiger partial charge in [0.25, 0.3) is 5.91 Å². The quantitative estimate of drug-likeness (QED) is 0.594. The lowest BCUT2D eigenvalue weighted by Gasteiger charge is -2.09. The summed E-state index contributed by atoms with van der Waals surface area (Å²) in [5.74, 6) is 0.157. The van der Waals surface area contributed by atoms with Crippen LogP contribution in [0.25, 0.3) is 10.2 Å². The van der Waals surface area contributed by atoms with Crippen molar-refractivity contribution in [3.63, 3.8) is 0 Å². The second-order valence-corrected chi connectivity index (χ2v) is 7.55. The summed E-state index contributed by atoms with van der Waals surface area (Å²) in [5, 5.41) is 3.17. The van der Waals surface area contributed by atoms with Gasteiger partial charge in [-0.2, -0.15) is 0 Å². The Labute approximate surface area is 172 Å². The Hall–Kier alpha value is -3.13. The van der Waals surface area contributed by atoms with Crippen molar-refractivity contribution in [2.45, 2.75) is 20.3 Å². The summed E-state index contributed by atoms with van der Waals surface area (Å²) in [6, 6.07) is 9.23. The van der Waals surface area contributed by atoms with E-state index in [4.69, 9.17) is 14.2 Å². The molecule has 0 spiro atoms. The average Bonchev–Trinajstić information content (AvgIpc) is 3.08. The van der Waals surface area contributed by atoms with Gasteiger partial charge in [-0.3, -0.25) is 14.9 Å². The predicted octanol–water partition coefficient (Wildman–Crippen LogP) is 3.65. The summed E-state index contributed by atoms with van der Waals surface area (Å²) in [6.45, 7) is 3.62. The molecule has 0 saturated heterocycles. The number of carbonyl (C=O) groups excluding carboxylic acids is 2. The third-order valence-electron chi connectivity index (χ3n) is 4.24. The number of aryl methyl sites for hydroxylation is 2. The number of ether oxygens (including phenoxy) is 3. The van der Waals surface area contributed by atoms with Gasteiger partial charge in [0.2, 0.25) is 0 Å². The summed E-state index contributed by atoms with van der Waals surface area (Å²) in [6.07, 6.45) is 0.0211. The number of methoxy groups -OCH3 is 2. The van der Waals surface area contributed by atoms with Crippen LogP contribution in [-0.4, -0.2) is 37.7 Å². The molecule has 1 aromatic heterocycles. The van der Waals surface area contributed by atoms with Gasteiger partial charge in [0.05, 0.1) is 30.9 Å². The lowest BCUT2D eigenvalue weighted by molar-refractivity contribution is -0.146.